The molecule has 0 unspecified atom stereocenters. The van der Waals surface area contributed by atoms with Gasteiger partial charge in [-0.05, 0) is 26.0 Å². The predicted octanol–water partition coefficient (Wildman–Crippen LogP) is 1.75. The van der Waals surface area contributed by atoms with Gasteiger partial charge in [-0.2, -0.15) is 5.10 Å². The van der Waals surface area contributed by atoms with E-state index in [0.29, 0.717) is 16.8 Å². The fraction of sp³-hybridized carbons (Fsp3) is 0.214. The van der Waals surface area contributed by atoms with Crippen LogP contribution in [0.3, 0.4) is 0 Å². The van der Waals surface area contributed by atoms with Crippen LogP contribution in [0.15, 0.2) is 28.1 Å². The van der Waals surface area contributed by atoms with E-state index in [1.165, 1.54) is 25.5 Å². The number of hydrazone groups is 1. The predicted molar refractivity (Wildman–Crippen MR) is 85.2 cm³/mol. The molecule has 0 amide bonds. The largest absolute Gasteiger partial charge is 0.490 e. The smallest absolute Gasteiger partial charge is 0.311 e. The molecule has 0 saturated carbocycles. The average Bonchev–Trinajstić information content (AvgIpc) is 2.52. The zero-order valence-corrected chi connectivity index (χ0v) is 12.8. The first kappa shape index (κ1) is 16.1. The number of hydrogen-bond acceptors (Lipinski definition) is 7. The molecule has 2 rings (SSSR count). The van der Waals surface area contributed by atoms with Gasteiger partial charge in [0.15, 0.2) is 5.75 Å². The summed E-state index contributed by atoms with van der Waals surface area (Å²) in [5, 5.41) is 14.9. The highest BCUT2D eigenvalue weighted by Crippen LogP contribution is 2.26. The number of methoxy groups -OCH3 is 1. The summed E-state index contributed by atoms with van der Waals surface area (Å²) < 4.78 is 4.92. The molecule has 0 fully saturated rings. The third-order valence-electron chi connectivity index (χ3n) is 3.18. The first-order chi connectivity index (χ1) is 10.9. The number of ether oxygens (including phenoxy) is 1. The molecule has 0 aliphatic carbocycles. The molecule has 2 N–H and O–H groups in total. The summed E-state index contributed by atoms with van der Waals surface area (Å²) in [4.78, 5) is 28.7. The molecule has 1 aromatic heterocycles. The number of aromatic nitrogens is 2. The summed E-state index contributed by atoms with van der Waals surface area (Å²) in [6, 6.07) is 4.43. The van der Waals surface area contributed by atoms with E-state index in [4.69, 9.17) is 4.74 Å². The summed E-state index contributed by atoms with van der Waals surface area (Å²) in [6.45, 7) is 3.39. The number of nitro benzene ring substituents is 1. The minimum atomic E-state index is -0.536. The second-order valence-corrected chi connectivity index (χ2v) is 4.68. The number of nitrogens with one attached hydrogen (secondary N) is 2. The van der Waals surface area contributed by atoms with Gasteiger partial charge in [-0.25, -0.2) is 10.4 Å². The first-order valence-electron chi connectivity index (χ1n) is 6.61. The Kier molecular flexibility index (Phi) is 4.69. The van der Waals surface area contributed by atoms with Crippen molar-refractivity contribution < 1.29 is 9.66 Å². The van der Waals surface area contributed by atoms with Crippen LogP contribution in [0.2, 0.25) is 0 Å². The highest BCUT2D eigenvalue weighted by Gasteiger charge is 2.14. The van der Waals surface area contributed by atoms with E-state index in [-0.39, 0.29) is 22.9 Å². The Morgan fingerprint density at radius 3 is 2.78 bits per heavy atom. The number of nitrogens with zero attached hydrogens (tertiary/aromatic N) is 3. The van der Waals surface area contributed by atoms with Gasteiger partial charge >= 0.3 is 5.69 Å². The van der Waals surface area contributed by atoms with Gasteiger partial charge in [0.1, 0.15) is 0 Å². The molecule has 2 aromatic rings. The molecule has 0 atom stereocenters. The summed E-state index contributed by atoms with van der Waals surface area (Å²) in [6.07, 6.45) is 1.38. The number of benzene rings is 1. The highest BCUT2D eigenvalue weighted by molar-refractivity contribution is 5.82. The van der Waals surface area contributed by atoms with Crippen LogP contribution in [0, 0.1) is 24.0 Å². The molecule has 0 spiro atoms. The lowest BCUT2D eigenvalue weighted by Gasteiger charge is -2.03. The molecular weight excluding hydrogens is 302 g/mol. The minimum Gasteiger partial charge on any atom is -0.490 e. The van der Waals surface area contributed by atoms with Crippen molar-refractivity contribution in [2.75, 3.05) is 12.5 Å². The lowest BCUT2D eigenvalue weighted by Crippen LogP contribution is -2.15. The molecule has 1 aromatic carbocycles. The molecule has 0 aliphatic heterocycles. The van der Waals surface area contributed by atoms with Crippen molar-refractivity contribution in [2.45, 2.75) is 13.8 Å². The monoisotopic (exact) mass is 317 g/mol. The van der Waals surface area contributed by atoms with Crippen LogP contribution in [-0.2, 0) is 0 Å². The van der Waals surface area contributed by atoms with Crippen molar-refractivity contribution in [1.29, 1.82) is 0 Å². The van der Waals surface area contributed by atoms with E-state index in [0.717, 1.165) is 0 Å². The normalized spacial score (nSPS) is 10.7. The van der Waals surface area contributed by atoms with Crippen molar-refractivity contribution in [3.8, 4) is 5.75 Å². The molecule has 9 heteroatoms. The summed E-state index contributed by atoms with van der Waals surface area (Å²) >= 11 is 0. The standard InChI is InChI=1S/C14H15N5O4/c1-8-9(2)16-14(17-13(8)20)18-15-7-10-4-5-12(23-3)11(6-10)19(21)22/h4-7H,1-3H3,(H2,16,17,18,20)/b15-7-. The lowest BCUT2D eigenvalue weighted by atomic mass is 10.2. The Morgan fingerprint density at radius 1 is 1.43 bits per heavy atom. The molecular formula is C14H15N5O4. The molecule has 23 heavy (non-hydrogen) atoms. The van der Waals surface area contributed by atoms with Gasteiger partial charge in [-0.1, -0.05) is 0 Å². The number of nitro groups is 1. The molecule has 0 aliphatic rings. The van der Waals surface area contributed by atoms with Crippen molar-refractivity contribution >= 4 is 17.9 Å². The number of aromatic amines is 1. The van der Waals surface area contributed by atoms with Gasteiger partial charge < -0.3 is 4.74 Å². The average molecular weight is 317 g/mol. The third-order valence-corrected chi connectivity index (χ3v) is 3.18. The zero-order chi connectivity index (χ0) is 17.0. The fourth-order valence-corrected chi connectivity index (χ4v) is 1.80. The van der Waals surface area contributed by atoms with Crippen LogP contribution in [0.5, 0.6) is 5.75 Å². The second kappa shape index (κ2) is 6.69. The maximum absolute atomic E-state index is 11.6. The summed E-state index contributed by atoms with van der Waals surface area (Å²) in [7, 11) is 1.36. The summed E-state index contributed by atoms with van der Waals surface area (Å²) in [5.41, 5.74) is 3.79. The Hall–Kier alpha value is -3.23. The number of aryl methyl sites for hydroxylation is 1. The number of anilines is 1. The number of H-pyrrole nitrogens is 1. The van der Waals surface area contributed by atoms with E-state index in [9.17, 15) is 14.9 Å². The van der Waals surface area contributed by atoms with Crippen LogP contribution in [0.1, 0.15) is 16.8 Å². The van der Waals surface area contributed by atoms with E-state index in [1.54, 1.807) is 19.9 Å². The minimum absolute atomic E-state index is 0.158. The Bertz CT molecular complexity index is 828. The van der Waals surface area contributed by atoms with Gasteiger partial charge in [-0.15, -0.1) is 0 Å². The Morgan fingerprint density at radius 2 is 2.17 bits per heavy atom. The van der Waals surface area contributed by atoms with Crippen LogP contribution in [-0.4, -0.2) is 28.2 Å². The van der Waals surface area contributed by atoms with Crippen LogP contribution < -0.4 is 15.7 Å². The summed E-state index contributed by atoms with van der Waals surface area (Å²) in [5.74, 6) is 0.359. The van der Waals surface area contributed by atoms with Crippen LogP contribution in [0.4, 0.5) is 11.6 Å². The maximum Gasteiger partial charge on any atom is 0.311 e. The van der Waals surface area contributed by atoms with E-state index >= 15 is 0 Å². The third kappa shape index (κ3) is 3.70. The number of hydrogen-bond donors (Lipinski definition) is 2. The highest BCUT2D eigenvalue weighted by atomic mass is 16.6. The molecule has 0 saturated heterocycles. The van der Waals surface area contributed by atoms with Gasteiger partial charge in [-0.3, -0.25) is 19.9 Å². The van der Waals surface area contributed by atoms with Crippen LogP contribution in [0.25, 0.3) is 0 Å². The first-order valence-corrected chi connectivity index (χ1v) is 6.61. The molecule has 0 radical (unpaired) electrons. The molecule has 1 heterocycles. The Balaban J connectivity index is 2.19. The van der Waals surface area contributed by atoms with E-state index < -0.39 is 4.92 Å². The molecule has 9 nitrogen and oxygen atoms in total. The number of rotatable bonds is 5. The Labute approximate surface area is 131 Å². The lowest BCUT2D eigenvalue weighted by molar-refractivity contribution is -0.385. The van der Waals surface area contributed by atoms with Gasteiger partial charge in [0.2, 0.25) is 5.95 Å². The van der Waals surface area contributed by atoms with Crippen molar-refractivity contribution in [3.05, 3.63) is 55.5 Å². The quantitative estimate of drug-likeness (QED) is 0.492. The SMILES string of the molecule is COc1ccc(/C=N\Nc2nc(C)c(C)c(=O)[nH]2)cc1[N+](=O)[O-]. The maximum atomic E-state index is 11.6. The van der Waals surface area contributed by atoms with Gasteiger partial charge in [0.05, 0.1) is 18.2 Å². The van der Waals surface area contributed by atoms with Crippen molar-refractivity contribution in [3.63, 3.8) is 0 Å². The van der Waals surface area contributed by atoms with Crippen molar-refractivity contribution in [1.82, 2.24) is 9.97 Å². The molecule has 0 bridgehead atoms. The topological polar surface area (TPSA) is 123 Å². The van der Waals surface area contributed by atoms with Gasteiger partial charge in [0.25, 0.3) is 5.56 Å². The van der Waals surface area contributed by atoms with E-state index in [2.05, 4.69) is 20.5 Å². The zero-order valence-electron chi connectivity index (χ0n) is 12.8. The van der Waals surface area contributed by atoms with Crippen molar-refractivity contribution in [2.24, 2.45) is 5.10 Å². The van der Waals surface area contributed by atoms with Gasteiger partial charge in [0, 0.05) is 22.9 Å². The fourth-order valence-electron chi connectivity index (χ4n) is 1.80. The van der Waals surface area contributed by atoms with E-state index in [1.807, 2.05) is 0 Å². The molecule has 120 valence electrons. The second-order valence-electron chi connectivity index (χ2n) is 4.68. The van der Waals surface area contributed by atoms with Crippen LogP contribution >= 0.6 is 0 Å².